The summed E-state index contributed by atoms with van der Waals surface area (Å²) in [6.45, 7) is 12.6. The Morgan fingerprint density at radius 1 is 1.14 bits per heavy atom. The van der Waals surface area contributed by atoms with E-state index in [2.05, 4.69) is 16.8 Å². The predicted molar refractivity (Wildman–Crippen MR) is 121 cm³/mol. The van der Waals surface area contributed by atoms with Gasteiger partial charge in [-0.25, -0.2) is 8.78 Å². The summed E-state index contributed by atoms with van der Waals surface area (Å²) in [4.78, 5) is 0. The van der Waals surface area contributed by atoms with Gasteiger partial charge in [-0.2, -0.15) is 5.10 Å². The van der Waals surface area contributed by atoms with E-state index >= 15 is 0 Å². The number of aromatic nitrogens is 2. The molecule has 0 radical (unpaired) electrons. The molecule has 1 heterocycles. The fraction of sp³-hybridized carbons (Fsp3) is 0.238. The quantitative estimate of drug-likeness (QED) is 0.209. The van der Waals surface area contributed by atoms with Crippen LogP contribution in [0.5, 0.6) is 0 Å². The summed E-state index contributed by atoms with van der Waals surface area (Å²) in [7, 11) is 0. The van der Waals surface area contributed by atoms with Crippen LogP contribution in [0.3, 0.4) is 0 Å². The van der Waals surface area contributed by atoms with Gasteiger partial charge in [-0.15, -0.1) is 6.58 Å². The Kier molecular flexibility index (Phi) is 11.8. The molecular weight excluding hydrogens is 417 g/mol. The number of allylic oxidation sites excluding steroid dienone is 1. The van der Waals surface area contributed by atoms with E-state index in [9.17, 15) is 8.78 Å². The number of rotatable bonds is 1. The Morgan fingerprint density at radius 2 is 1.62 bits per heavy atom. The second kappa shape index (κ2) is 12.9. The van der Waals surface area contributed by atoms with Crippen molar-refractivity contribution in [2.75, 3.05) is 5.73 Å². The molecule has 158 valence electrons. The molecule has 8 heteroatoms. The van der Waals surface area contributed by atoms with Gasteiger partial charge < -0.3 is 11.1 Å². The molecule has 0 atom stereocenters. The highest BCUT2D eigenvalue weighted by Crippen LogP contribution is 2.23. The number of nitrogen functional groups attached to an aromatic ring is 1. The van der Waals surface area contributed by atoms with Gasteiger partial charge in [-0.05, 0) is 45.0 Å². The Balaban J connectivity index is 0.000000444. The van der Waals surface area contributed by atoms with E-state index in [1.54, 1.807) is 13.0 Å². The topological polar surface area (TPSA) is 78.5 Å². The van der Waals surface area contributed by atoms with Crippen LogP contribution in [-0.2, 0) is 0 Å². The van der Waals surface area contributed by atoms with Crippen LogP contribution >= 0.6 is 23.2 Å². The van der Waals surface area contributed by atoms with E-state index in [1.807, 2.05) is 27.7 Å². The lowest BCUT2D eigenvalue weighted by Crippen LogP contribution is -2.00. The van der Waals surface area contributed by atoms with Gasteiger partial charge in [0.25, 0.3) is 0 Å². The molecule has 0 saturated carbocycles. The number of nitrogens with one attached hydrogen (secondary N) is 2. The van der Waals surface area contributed by atoms with E-state index in [-0.39, 0.29) is 15.8 Å². The molecule has 3 rings (SSSR count). The van der Waals surface area contributed by atoms with Crippen molar-refractivity contribution in [3.63, 3.8) is 0 Å². The Labute approximate surface area is 180 Å². The third-order valence-corrected chi connectivity index (χ3v) is 3.86. The minimum atomic E-state index is -0.549. The third kappa shape index (κ3) is 7.83. The lowest BCUT2D eigenvalue weighted by molar-refractivity contribution is 0.628. The summed E-state index contributed by atoms with van der Waals surface area (Å²) in [5.74, 6) is -0.957. The maximum Gasteiger partial charge on any atom is 0.142 e. The molecule has 4 nitrogen and oxygen atoms in total. The highest BCUT2D eigenvalue weighted by Gasteiger charge is 2.07. The first-order chi connectivity index (χ1) is 13.6. The largest absolute Gasteiger partial charge is 0.398 e. The van der Waals surface area contributed by atoms with Crippen LogP contribution in [0.4, 0.5) is 14.5 Å². The average molecular weight is 443 g/mol. The Bertz CT molecular complexity index is 969. The molecule has 1 aromatic heterocycles. The normalized spacial score (nSPS) is 9.28. The van der Waals surface area contributed by atoms with E-state index in [0.717, 1.165) is 11.1 Å². The first kappa shape index (κ1) is 26.6. The standard InChI is InChI=1S/C8H6ClFN2.C8H8ClFN2.C3H6.C2H6/c1-4-5-2-7(10)6(9)3-8(5)12-11-4;1-4(11)5-2-7(10)6(9)3-8(5)12;1-3-2;1-2/h2-3H,1H3,(H,11,12);2-3,11H,12H2,1H3;3H,1H2,2H3;1-2H3. The van der Waals surface area contributed by atoms with Crippen LogP contribution in [-0.4, -0.2) is 15.9 Å². The Hall–Kier alpha value is -2.44. The van der Waals surface area contributed by atoms with Gasteiger partial charge in [0.05, 0.1) is 15.6 Å². The second-order valence-electron chi connectivity index (χ2n) is 5.52. The summed E-state index contributed by atoms with van der Waals surface area (Å²) in [5, 5.41) is 14.8. The van der Waals surface area contributed by atoms with E-state index < -0.39 is 11.6 Å². The zero-order valence-electron chi connectivity index (χ0n) is 17.1. The van der Waals surface area contributed by atoms with Crippen LogP contribution in [0, 0.1) is 24.0 Å². The zero-order valence-corrected chi connectivity index (χ0v) is 18.6. The van der Waals surface area contributed by atoms with Crippen LogP contribution in [0.15, 0.2) is 36.9 Å². The fourth-order valence-electron chi connectivity index (χ4n) is 2.02. The molecule has 3 aromatic rings. The van der Waals surface area contributed by atoms with E-state index in [0.29, 0.717) is 16.8 Å². The number of nitrogens with zero attached hydrogens (tertiary/aromatic N) is 1. The van der Waals surface area contributed by atoms with Crippen LogP contribution in [0.25, 0.3) is 10.9 Å². The molecule has 0 aliphatic rings. The first-order valence-corrected chi connectivity index (χ1v) is 9.54. The number of hydrogen-bond donors (Lipinski definition) is 3. The summed E-state index contributed by atoms with van der Waals surface area (Å²) < 4.78 is 25.8. The van der Waals surface area contributed by atoms with Gasteiger partial charge in [0.1, 0.15) is 11.6 Å². The number of aryl methyl sites for hydroxylation is 1. The highest BCUT2D eigenvalue weighted by molar-refractivity contribution is 6.31. The number of H-pyrrole nitrogens is 1. The lowest BCUT2D eigenvalue weighted by atomic mass is 10.1. The zero-order chi connectivity index (χ0) is 22.7. The molecule has 4 N–H and O–H groups in total. The van der Waals surface area contributed by atoms with Gasteiger partial charge in [-0.3, -0.25) is 5.10 Å². The van der Waals surface area contributed by atoms with Crippen molar-refractivity contribution in [3.05, 3.63) is 69.9 Å². The number of hydrogen-bond acceptors (Lipinski definition) is 3. The third-order valence-electron chi connectivity index (χ3n) is 3.28. The van der Waals surface area contributed by atoms with Gasteiger partial charge in [0.2, 0.25) is 0 Å². The minimum Gasteiger partial charge on any atom is -0.398 e. The van der Waals surface area contributed by atoms with Gasteiger partial charge in [0, 0.05) is 28.0 Å². The molecule has 0 aliphatic heterocycles. The van der Waals surface area contributed by atoms with Gasteiger partial charge >= 0.3 is 0 Å². The van der Waals surface area contributed by atoms with Crippen LogP contribution in [0.2, 0.25) is 10.0 Å². The number of fused-ring (bicyclic) bond motifs is 1. The Morgan fingerprint density at radius 3 is 2.14 bits per heavy atom. The number of aromatic amines is 1. The van der Waals surface area contributed by atoms with Crippen LogP contribution < -0.4 is 5.73 Å². The molecule has 0 spiro atoms. The summed E-state index contributed by atoms with van der Waals surface area (Å²) >= 11 is 11.0. The van der Waals surface area contributed by atoms with Gasteiger partial charge in [0.15, 0.2) is 0 Å². The summed E-state index contributed by atoms with van der Waals surface area (Å²) in [6.07, 6.45) is 1.75. The number of anilines is 1. The molecule has 0 fully saturated rings. The van der Waals surface area contributed by atoms with E-state index in [1.165, 1.54) is 24.3 Å². The highest BCUT2D eigenvalue weighted by atomic mass is 35.5. The summed E-state index contributed by atoms with van der Waals surface area (Å²) in [6, 6.07) is 5.37. The smallest absolute Gasteiger partial charge is 0.142 e. The predicted octanol–water partition coefficient (Wildman–Crippen LogP) is 7.33. The summed E-state index contributed by atoms with van der Waals surface area (Å²) in [5.41, 5.74) is 7.98. The molecule has 29 heavy (non-hydrogen) atoms. The van der Waals surface area contributed by atoms with Gasteiger partial charge in [-0.1, -0.05) is 43.1 Å². The van der Waals surface area contributed by atoms with Crippen LogP contribution in [0.1, 0.15) is 39.0 Å². The molecule has 0 aliphatic carbocycles. The maximum atomic E-state index is 12.9. The van der Waals surface area contributed by atoms with Crippen molar-refractivity contribution in [1.82, 2.24) is 10.2 Å². The number of nitrogens with two attached hydrogens (primary N) is 1. The molecular formula is C21H26Cl2F2N4. The first-order valence-electron chi connectivity index (χ1n) is 8.79. The van der Waals surface area contributed by atoms with Crippen molar-refractivity contribution in [1.29, 1.82) is 5.41 Å². The fourth-order valence-corrected chi connectivity index (χ4v) is 2.35. The number of halogens is 4. The van der Waals surface area contributed by atoms with Crippen molar-refractivity contribution >= 4 is 45.5 Å². The molecule has 0 amide bonds. The van der Waals surface area contributed by atoms with E-state index in [4.69, 9.17) is 34.3 Å². The van der Waals surface area contributed by atoms with Crippen molar-refractivity contribution in [3.8, 4) is 0 Å². The maximum absolute atomic E-state index is 12.9. The van der Waals surface area contributed by atoms with Crippen molar-refractivity contribution < 1.29 is 8.78 Å². The molecule has 0 unspecified atom stereocenters. The second-order valence-corrected chi connectivity index (χ2v) is 6.33. The molecule has 2 aromatic carbocycles. The van der Waals surface area contributed by atoms with Crippen molar-refractivity contribution in [2.24, 2.45) is 0 Å². The number of benzene rings is 2. The van der Waals surface area contributed by atoms with Crippen molar-refractivity contribution in [2.45, 2.75) is 34.6 Å². The molecule has 0 saturated heterocycles. The minimum absolute atomic E-state index is 0.0162. The monoisotopic (exact) mass is 442 g/mol. The lowest BCUT2D eigenvalue weighted by Gasteiger charge is -2.04. The SMILES string of the molecule is C=CC.CC.CC(=N)c1cc(F)c(Cl)cc1N.Cc1[nH]nc2cc(Cl)c(F)cc12. The molecule has 0 bridgehead atoms. The average Bonchev–Trinajstić information content (AvgIpc) is 3.01.